The predicted octanol–water partition coefficient (Wildman–Crippen LogP) is 4.17. The second kappa shape index (κ2) is 6.76. The molecule has 1 heterocycles. The third-order valence-corrected chi connectivity index (χ3v) is 3.82. The lowest BCUT2D eigenvalue weighted by Crippen LogP contribution is -2.34. The van der Waals surface area contributed by atoms with Crippen LogP contribution < -0.4 is 5.32 Å². The highest BCUT2D eigenvalue weighted by molar-refractivity contribution is 5.23. The smallest absolute Gasteiger partial charge is 0.105 e. The van der Waals surface area contributed by atoms with Crippen molar-refractivity contribution in [3.05, 3.63) is 60.1 Å². The highest BCUT2D eigenvalue weighted by atomic mass is 16.3. The Hall–Kier alpha value is -1.54. The molecule has 2 rings (SSSR count). The van der Waals surface area contributed by atoms with Crippen molar-refractivity contribution in [1.29, 1.82) is 0 Å². The SMILES string of the molecule is CC(CC(C)(C)c1ccccc1)NCCc1ccco1. The van der Waals surface area contributed by atoms with Gasteiger partial charge in [0.15, 0.2) is 0 Å². The molecule has 1 unspecified atom stereocenters. The first kappa shape index (κ1) is 14.9. The normalized spacial score (nSPS) is 13.3. The number of hydrogen-bond donors (Lipinski definition) is 1. The lowest BCUT2D eigenvalue weighted by Gasteiger charge is -2.29. The van der Waals surface area contributed by atoms with Crippen LogP contribution in [-0.4, -0.2) is 12.6 Å². The van der Waals surface area contributed by atoms with E-state index in [4.69, 9.17) is 4.42 Å². The molecule has 0 aliphatic heterocycles. The minimum Gasteiger partial charge on any atom is -0.469 e. The molecule has 0 radical (unpaired) electrons. The molecule has 0 aliphatic rings. The molecule has 0 saturated carbocycles. The fourth-order valence-electron chi connectivity index (χ4n) is 2.74. The molecule has 108 valence electrons. The molecule has 1 N–H and O–H groups in total. The summed E-state index contributed by atoms with van der Waals surface area (Å²) in [7, 11) is 0. The molecular weight excluding hydrogens is 246 g/mol. The summed E-state index contributed by atoms with van der Waals surface area (Å²) in [6, 6.07) is 15.2. The van der Waals surface area contributed by atoms with E-state index < -0.39 is 0 Å². The zero-order valence-electron chi connectivity index (χ0n) is 12.7. The second-order valence-electron chi connectivity index (χ2n) is 6.14. The van der Waals surface area contributed by atoms with Gasteiger partial charge in [-0.15, -0.1) is 0 Å². The predicted molar refractivity (Wildman–Crippen MR) is 84.0 cm³/mol. The number of benzene rings is 1. The number of furan rings is 1. The molecular formula is C18H25NO. The molecule has 1 aromatic heterocycles. The minimum atomic E-state index is 0.193. The third kappa shape index (κ3) is 4.24. The number of nitrogens with one attached hydrogen (secondary N) is 1. The van der Waals surface area contributed by atoms with Crippen LogP contribution in [0.1, 0.15) is 38.5 Å². The Bertz CT molecular complexity index is 487. The van der Waals surface area contributed by atoms with Crippen LogP contribution in [0.5, 0.6) is 0 Å². The molecule has 0 saturated heterocycles. The van der Waals surface area contributed by atoms with Crippen LogP contribution >= 0.6 is 0 Å². The third-order valence-electron chi connectivity index (χ3n) is 3.82. The van der Waals surface area contributed by atoms with E-state index in [-0.39, 0.29) is 5.41 Å². The van der Waals surface area contributed by atoms with Crippen LogP contribution in [0.4, 0.5) is 0 Å². The van der Waals surface area contributed by atoms with Crippen molar-refractivity contribution in [2.75, 3.05) is 6.54 Å². The maximum absolute atomic E-state index is 5.35. The van der Waals surface area contributed by atoms with E-state index >= 15 is 0 Å². The van der Waals surface area contributed by atoms with Crippen LogP contribution in [0.3, 0.4) is 0 Å². The molecule has 0 amide bonds. The van der Waals surface area contributed by atoms with Crippen LogP contribution in [0.25, 0.3) is 0 Å². The van der Waals surface area contributed by atoms with Gasteiger partial charge in [0.05, 0.1) is 6.26 Å². The summed E-state index contributed by atoms with van der Waals surface area (Å²) >= 11 is 0. The van der Waals surface area contributed by atoms with Gasteiger partial charge in [0.25, 0.3) is 0 Å². The van der Waals surface area contributed by atoms with Crippen molar-refractivity contribution < 1.29 is 4.42 Å². The Morgan fingerprint density at radius 1 is 1.10 bits per heavy atom. The molecule has 0 aliphatic carbocycles. The Kier molecular flexibility index (Phi) is 5.02. The van der Waals surface area contributed by atoms with Gasteiger partial charge in [-0.3, -0.25) is 0 Å². The first-order chi connectivity index (χ1) is 9.58. The summed E-state index contributed by atoms with van der Waals surface area (Å²) in [5, 5.41) is 3.59. The Balaban J connectivity index is 1.80. The van der Waals surface area contributed by atoms with Crippen molar-refractivity contribution in [2.45, 2.75) is 45.1 Å². The van der Waals surface area contributed by atoms with Gasteiger partial charge in [0, 0.05) is 19.0 Å². The summed E-state index contributed by atoms with van der Waals surface area (Å²) < 4.78 is 5.35. The van der Waals surface area contributed by atoms with Gasteiger partial charge in [0.2, 0.25) is 0 Å². The van der Waals surface area contributed by atoms with E-state index in [1.165, 1.54) is 5.56 Å². The standard InChI is InChI=1S/C18H25NO/c1-15(19-12-11-17-10-7-13-20-17)14-18(2,3)16-8-5-4-6-9-16/h4-10,13,15,19H,11-12,14H2,1-3H3. The highest BCUT2D eigenvalue weighted by Crippen LogP contribution is 2.28. The van der Waals surface area contributed by atoms with E-state index in [0.717, 1.165) is 25.1 Å². The minimum absolute atomic E-state index is 0.193. The second-order valence-corrected chi connectivity index (χ2v) is 6.14. The summed E-state index contributed by atoms with van der Waals surface area (Å²) in [5.74, 6) is 1.05. The van der Waals surface area contributed by atoms with E-state index in [9.17, 15) is 0 Å². The van der Waals surface area contributed by atoms with Crippen LogP contribution in [-0.2, 0) is 11.8 Å². The van der Waals surface area contributed by atoms with Crippen molar-refractivity contribution in [1.82, 2.24) is 5.32 Å². The summed E-state index contributed by atoms with van der Waals surface area (Å²) in [4.78, 5) is 0. The number of rotatable bonds is 7. The van der Waals surface area contributed by atoms with Crippen LogP contribution in [0.15, 0.2) is 53.1 Å². The maximum atomic E-state index is 5.35. The zero-order chi connectivity index (χ0) is 14.4. The van der Waals surface area contributed by atoms with Gasteiger partial charge >= 0.3 is 0 Å². The fourth-order valence-corrected chi connectivity index (χ4v) is 2.74. The quantitative estimate of drug-likeness (QED) is 0.817. The first-order valence-corrected chi connectivity index (χ1v) is 7.39. The highest BCUT2D eigenvalue weighted by Gasteiger charge is 2.22. The average molecular weight is 271 g/mol. The molecule has 0 fully saturated rings. The Morgan fingerprint density at radius 2 is 1.85 bits per heavy atom. The molecule has 2 nitrogen and oxygen atoms in total. The van der Waals surface area contributed by atoms with Gasteiger partial charge in [-0.05, 0) is 36.5 Å². The maximum Gasteiger partial charge on any atom is 0.105 e. The van der Waals surface area contributed by atoms with E-state index in [0.29, 0.717) is 6.04 Å². The van der Waals surface area contributed by atoms with Crippen LogP contribution in [0.2, 0.25) is 0 Å². The molecule has 2 heteroatoms. The Labute approximate surface area is 122 Å². The molecule has 1 aromatic carbocycles. The van der Waals surface area contributed by atoms with Crippen molar-refractivity contribution >= 4 is 0 Å². The molecule has 0 bridgehead atoms. The summed E-state index contributed by atoms with van der Waals surface area (Å²) in [6.07, 6.45) is 3.80. The molecule has 0 spiro atoms. The zero-order valence-corrected chi connectivity index (χ0v) is 12.7. The molecule has 2 aromatic rings. The van der Waals surface area contributed by atoms with Gasteiger partial charge in [-0.1, -0.05) is 44.2 Å². The van der Waals surface area contributed by atoms with Gasteiger partial charge in [-0.25, -0.2) is 0 Å². The summed E-state index contributed by atoms with van der Waals surface area (Å²) in [6.45, 7) is 7.84. The van der Waals surface area contributed by atoms with Gasteiger partial charge in [0.1, 0.15) is 5.76 Å². The fraction of sp³-hybridized carbons (Fsp3) is 0.444. The lowest BCUT2D eigenvalue weighted by atomic mass is 9.79. The van der Waals surface area contributed by atoms with Gasteiger partial charge < -0.3 is 9.73 Å². The van der Waals surface area contributed by atoms with Crippen molar-refractivity contribution in [3.63, 3.8) is 0 Å². The lowest BCUT2D eigenvalue weighted by molar-refractivity contribution is 0.386. The molecule has 1 atom stereocenters. The van der Waals surface area contributed by atoms with Gasteiger partial charge in [-0.2, -0.15) is 0 Å². The summed E-state index contributed by atoms with van der Waals surface area (Å²) in [5.41, 5.74) is 1.60. The monoisotopic (exact) mass is 271 g/mol. The van der Waals surface area contributed by atoms with E-state index in [1.54, 1.807) is 6.26 Å². The molecule has 20 heavy (non-hydrogen) atoms. The first-order valence-electron chi connectivity index (χ1n) is 7.39. The van der Waals surface area contributed by atoms with E-state index in [1.807, 2.05) is 12.1 Å². The largest absolute Gasteiger partial charge is 0.469 e. The number of hydrogen-bond acceptors (Lipinski definition) is 2. The van der Waals surface area contributed by atoms with E-state index in [2.05, 4.69) is 56.4 Å². The topological polar surface area (TPSA) is 25.2 Å². The Morgan fingerprint density at radius 3 is 2.50 bits per heavy atom. The van der Waals surface area contributed by atoms with Crippen molar-refractivity contribution in [3.8, 4) is 0 Å². The van der Waals surface area contributed by atoms with Crippen molar-refractivity contribution in [2.24, 2.45) is 0 Å². The van der Waals surface area contributed by atoms with Crippen LogP contribution in [0, 0.1) is 0 Å². The average Bonchev–Trinajstić information content (AvgIpc) is 2.92.